The number of ether oxygens (including phenoxy) is 2. The van der Waals surface area contributed by atoms with E-state index in [4.69, 9.17) is 9.47 Å². The molecule has 0 bridgehead atoms. The van der Waals surface area contributed by atoms with Gasteiger partial charge in [-0.05, 0) is 18.4 Å². The van der Waals surface area contributed by atoms with Crippen LogP contribution in [-0.2, 0) is 4.74 Å². The number of fused-ring (bicyclic) bond motifs is 1. The maximum atomic E-state index is 6.34. The van der Waals surface area contributed by atoms with E-state index in [0.29, 0.717) is 0 Å². The standard InChI is InChI=1S/C27H32IN4O2S/c1-19-17-21(9-12-25(19)32-14-13-31(18-28-32)15-16-33-2)29-27-30-24-6-4-5-23(26(24)34-27)20-7-10-22(35-3)11-8-20/h4-12,17,27,29-30H,13-16,18H2,1-3H3/q-1. The minimum atomic E-state index is -0.307. The molecule has 3 aromatic carbocycles. The third kappa shape index (κ3) is 5.66. The van der Waals surface area contributed by atoms with Gasteiger partial charge in [0.25, 0.3) is 0 Å². The summed E-state index contributed by atoms with van der Waals surface area (Å²) in [7, 11) is 1.78. The van der Waals surface area contributed by atoms with Crippen LogP contribution in [0.1, 0.15) is 5.56 Å². The van der Waals surface area contributed by atoms with Gasteiger partial charge in [-0.15, -0.1) is 11.8 Å². The summed E-state index contributed by atoms with van der Waals surface area (Å²) in [6.07, 6.45) is 1.79. The molecule has 0 radical (unpaired) electrons. The van der Waals surface area contributed by atoms with Crippen molar-refractivity contribution in [2.45, 2.75) is 18.2 Å². The second kappa shape index (κ2) is 11.3. The molecule has 1 unspecified atom stereocenters. The van der Waals surface area contributed by atoms with Crippen molar-refractivity contribution in [2.75, 3.05) is 57.9 Å². The number of hydrogen-bond acceptors (Lipinski definition) is 7. The number of anilines is 3. The molecule has 0 aromatic heterocycles. The summed E-state index contributed by atoms with van der Waals surface area (Å²) >= 11 is 1.71. The van der Waals surface area contributed by atoms with Gasteiger partial charge in [-0.25, -0.2) is 0 Å². The summed E-state index contributed by atoms with van der Waals surface area (Å²) in [5.41, 5.74) is 6.98. The van der Waals surface area contributed by atoms with Crippen LogP contribution in [0.4, 0.5) is 17.1 Å². The Hall–Kier alpha value is -2.14. The van der Waals surface area contributed by atoms with Crippen molar-refractivity contribution in [3.05, 3.63) is 66.2 Å². The Morgan fingerprint density at radius 2 is 2.00 bits per heavy atom. The number of hydrogen-bond donors (Lipinski definition) is 2. The number of halogens is 1. The van der Waals surface area contributed by atoms with Crippen molar-refractivity contribution in [1.29, 1.82) is 0 Å². The first-order chi connectivity index (χ1) is 17.1. The van der Waals surface area contributed by atoms with Crippen LogP contribution in [0.5, 0.6) is 5.75 Å². The van der Waals surface area contributed by atoms with Crippen molar-refractivity contribution in [3.8, 4) is 16.9 Å². The summed E-state index contributed by atoms with van der Waals surface area (Å²) in [6.45, 7) is 6.25. The predicted molar refractivity (Wildman–Crippen MR) is 142 cm³/mol. The second-order valence-electron chi connectivity index (χ2n) is 8.63. The zero-order valence-corrected chi connectivity index (χ0v) is 23.4. The SMILES string of the molecule is COCCN1CCN(c2ccc(NC3Nc4cccc(-c5ccc(SC)cc5)c4O3)cc2C)[I-]C1. The Morgan fingerprint density at radius 3 is 2.71 bits per heavy atom. The van der Waals surface area contributed by atoms with Crippen LogP contribution in [0.2, 0.25) is 0 Å². The molecule has 2 aliphatic heterocycles. The quantitative estimate of drug-likeness (QED) is 0.135. The zero-order chi connectivity index (χ0) is 24.2. The number of benzene rings is 3. The molecule has 0 saturated carbocycles. The van der Waals surface area contributed by atoms with E-state index >= 15 is 0 Å². The van der Waals surface area contributed by atoms with Crippen molar-refractivity contribution >= 4 is 28.8 Å². The molecule has 0 spiro atoms. The fourth-order valence-electron chi connectivity index (χ4n) is 4.36. The Labute approximate surface area is 223 Å². The van der Waals surface area contributed by atoms with Gasteiger partial charge in [-0.2, -0.15) is 0 Å². The van der Waals surface area contributed by atoms with E-state index in [-0.39, 0.29) is 27.8 Å². The number of nitrogens with zero attached hydrogens (tertiary/aromatic N) is 2. The molecule has 8 heteroatoms. The Kier molecular flexibility index (Phi) is 7.91. The molecule has 3 aromatic rings. The van der Waals surface area contributed by atoms with Crippen LogP contribution < -0.4 is 40.0 Å². The van der Waals surface area contributed by atoms with Crippen molar-refractivity contribution in [3.63, 3.8) is 0 Å². The fraction of sp³-hybridized carbons (Fsp3) is 0.333. The molecule has 186 valence electrons. The molecule has 35 heavy (non-hydrogen) atoms. The van der Waals surface area contributed by atoms with Gasteiger partial charge in [-0.1, -0.05) is 0 Å². The minimum absolute atomic E-state index is 0.0451. The molecule has 1 atom stereocenters. The topological polar surface area (TPSA) is 49.0 Å². The number of alkyl halides is 1. The molecule has 0 amide bonds. The summed E-state index contributed by atoms with van der Waals surface area (Å²) in [5.74, 6) is 0.895. The first-order valence-corrected chi connectivity index (χ1v) is 15.5. The molecule has 6 nitrogen and oxygen atoms in total. The number of rotatable bonds is 8. The van der Waals surface area contributed by atoms with E-state index in [2.05, 4.69) is 92.5 Å². The number of aryl methyl sites for hydroxylation is 1. The van der Waals surface area contributed by atoms with Gasteiger partial charge in [0.1, 0.15) is 0 Å². The first-order valence-electron chi connectivity index (χ1n) is 11.8. The predicted octanol–water partition coefficient (Wildman–Crippen LogP) is 2.31. The summed E-state index contributed by atoms with van der Waals surface area (Å²) in [4.78, 5) is 3.78. The molecular weight excluding hydrogens is 571 g/mol. The van der Waals surface area contributed by atoms with Gasteiger partial charge in [-0.3, -0.25) is 0 Å². The number of methoxy groups -OCH3 is 1. The molecule has 0 aliphatic carbocycles. The third-order valence-electron chi connectivity index (χ3n) is 6.29. The van der Waals surface area contributed by atoms with E-state index in [0.717, 1.165) is 54.5 Å². The van der Waals surface area contributed by atoms with Crippen LogP contribution in [0, 0.1) is 6.92 Å². The number of para-hydroxylation sites is 1. The average Bonchev–Trinajstić information content (AvgIpc) is 3.30. The van der Waals surface area contributed by atoms with E-state index < -0.39 is 0 Å². The van der Waals surface area contributed by atoms with Gasteiger partial charge in [0, 0.05) is 4.90 Å². The summed E-state index contributed by atoms with van der Waals surface area (Å²) in [6, 6.07) is 21.5. The molecule has 2 heterocycles. The average molecular weight is 604 g/mol. The van der Waals surface area contributed by atoms with Gasteiger partial charge < -0.3 is 0 Å². The van der Waals surface area contributed by atoms with Gasteiger partial charge in [0.05, 0.1) is 0 Å². The molecule has 5 rings (SSSR count). The Morgan fingerprint density at radius 1 is 1.14 bits per heavy atom. The van der Waals surface area contributed by atoms with Crippen LogP contribution in [0.15, 0.2) is 65.6 Å². The third-order valence-corrected chi connectivity index (χ3v) is 10.1. The van der Waals surface area contributed by atoms with Gasteiger partial charge in [0.15, 0.2) is 0 Å². The van der Waals surface area contributed by atoms with Crippen molar-refractivity contribution < 1.29 is 31.0 Å². The van der Waals surface area contributed by atoms with E-state index in [1.165, 1.54) is 20.7 Å². The normalized spacial score (nSPS) is 17.8. The number of nitrogens with one attached hydrogen (secondary N) is 2. The molecule has 1 saturated heterocycles. The van der Waals surface area contributed by atoms with E-state index in [1.807, 2.05) is 0 Å². The molecule has 2 N–H and O–H groups in total. The molecular formula is C27H32IN4O2S-. The summed E-state index contributed by atoms with van der Waals surface area (Å²) in [5, 5.41) is 6.99. The maximum absolute atomic E-state index is 6.34. The Balaban J connectivity index is 1.23. The van der Waals surface area contributed by atoms with Gasteiger partial charge in [0.2, 0.25) is 0 Å². The van der Waals surface area contributed by atoms with Crippen molar-refractivity contribution in [2.24, 2.45) is 0 Å². The Bertz CT molecular complexity index is 1150. The second-order valence-corrected chi connectivity index (χ2v) is 12.0. The molecule has 2 aliphatic rings. The van der Waals surface area contributed by atoms with Gasteiger partial charge >= 0.3 is 189 Å². The zero-order valence-electron chi connectivity index (χ0n) is 20.4. The van der Waals surface area contributed by atoms with Crippen LogP contribution in [0.25, 0.3) is 11.1 Å². The van der Waals surface area contributed by atoms with E-state index in [1.54, 1.807) is 18.9 Å². The van der Waals surface area contributed by atoms with Crippen LogP contribution >= 0.6 is 11.8 Å². The number of thioether (sulfide) groups is 1. The first kappa shape index (κ1) is 24.5. The van der Waals surface area contributed by atoms with Crippen LogP contribution in [0.3, 0.4) is 0 Å². The fourth-order valence-corrected chi connectivity index (χ4v) is 7.72. The monoisotopic (exact) mass is 603 g/mol. The van der Waals surface area contributed by atoms with Crippen LogP contribution in [-0.4, -0.2) is 55.4 Å². The van der Waals surface area contributed by atoms with Crippen molar-refractivity contribution in [1.82, 2.24) is 4.90 Å². The summed E-state index contributed by atoms with van der Waals surface area (Å²) < 4.78 is 15.3. The molecule has 1 fully saturated rings. The van der Waals surface area contributed by atoms with E-state index in [9.17, 15) is 0 Å².